The summed E-state index contributed by atoms with van der Waals surface area (Å²) in [5.74, 6) is -1.42. The maximum atomic E-state index is 13.1. The third kappa shape index (κ3) is 5.66. The maximum absolute atomic E-state index is 13.1. The molecule has 7 heteroatoms. The zero-order valence-corrected chi connectivity index (χ0v) is 20.2. The molecule has 2 amide bonds. The van der Waals surface area contributed by atoms with Gasteiger partial charge in [0.2, 0.25) is 5.91 Å². The Morgan fingerprint density at radius 1 is 1.00 bits per heavy atom. The summed E-state index contributed by atoms with van der Waals surface area (Å²) >= 11 is 0. The van der Waals surface area contributed by atoms with E-state index in [1.165, 1.54) is 16.0 Å². The fourth-order valence-corrected chi connectivity index (χ4v) is 5.58. The molecule has 35 heavy (non-hydrogen) atoms. The molecular weight excluding hydrogens is 444 g/mol. The molecule has 0 unspecified atom stereocenters. The second-order valence-corrected chi connectivity index (χ2v) is 9.51. The number of nitrogens with one attached hydrogen (secondary N) is 1. The summed E-state index contributed by atoms with van der Waals surface area (Å²) in [6.45, 7) is 2.67. The van der Waals surface area contributed by atoms with Crippen molar-refractivity contribution >= 4 is 18.0 Å². The average Bonchev–Trinajstić information content (AvgIpc) is 3.19. The molecule has 2 aliphatic rings. The standard InChI is InChI=1S/C28H34N2O5/c1-2-15-30(17-26(31)32)27(33)20-10-4-3-9-19(20)16-29-28(34)35-18-25-23-13-7-5-11-21(23)22-12-6-8-14-24(22)25/h5-8,11-14,19-20,25H,2-4,9-10,15-18H2,1H3,(H,29,34)(H,31,32)/t19-,20-/m0/s1. The van der Waals surface area contributed by atoms with E-state index in [-0.39, 0.29) is 36.8 Å². The molecule has 0 aromatic heterocycles. The number of hydrogen-bond acceptors (Lipinski definition) is 4. The van der Waals surface area contributed by atoms with Crippen molar-refractivity contribution in [2.24, 2.45) is 11.8 Å². The first kappa shape index (κ1) is 24.8. The first-order chi connectivity index (χ1) is 17.0. The number of amides is 2. The minimum Gasteiger partial charge on any atom is -0.480 e. The number of ether oxygens (including phenoxy) is 1. The van der Waals surface area contributed by atoms with Gasteiger partial charge >= 0.3 is 12.1 Å². The van der Waals surface area contributed by atoms with Gasteiger partial charge in [-0.2, -0.15) is 0 Å². The molecule has 0 heterocycles. The molecule has 2 aromatic carbocycles. The summed E-state index contributed by atoms with van der Waals surface area (Å²) in [4.78, 5) is 38.4. The number of benzene rings is 2. The first-order valence-electron chi connectivity index (χ1n) is 12.6. The highest BCUT2D eigenvalue weighted by Gasteiger charge is 2.35. The lowest BCUT2D eigenvalue weighted by atomic mass is 9.78. The second kappa shape index (κ2) is 11.4. The Labute approximate surface area is 206 Å². The number of fused-ring (bicyclic) bond motifs is 3. The summed E-state index contributed by atoms with van der Waals surface area (Å²) in [5.41, 5.74) is 4.68. The molecule has 7 nitrogen and oxygen atoms in total. The lowest BCUT2D eigenvalue weighted by Crippen LogP contribution is -2.45. The van der Waals surface area contributed by atoms with Crippen LogP contribution in [0.3, 0.4) is 0 Å². The van der Waals surface area contributed by atoms with Crippen LogP contribution < -0.4 is 5.32 Å². The largest absolute Gasteiger partial charge is 0.480 e. The van der Waals surface area contributed by atoms with E-state index in [1.54, 1.807) is 0 Å². The number of carbonyl (C=O) groups excluding carboxylic acids is 2. The zero-order valence-electron chi connectivity index (χ0n) is 20.2. The highest BCUT2D eigenvalue weighted by atomic mass is 16.5. The average molecular weight is 479 g/mol. The first-order valence-corrected chi connectivity index (χ1v) is 12.6. The maximum Gasteiger partial charge on any atom is 0.407 e. The van der Waals surface area contributed by atoms with Gasteiger partial charge in [0.15, 0.2) is 0 Å². The van der Waals surface area contributed by atoms with E-state index in [9.17, 15) is 19.5 Å². The molecule has 0 saturated heterocycles. The van der Waals surface area contributed by atoms with E-state index in [0.29, 0.717) is 19.5 Å². The number of alkyl carbamates (subject to hydrolysis) is 1. The molecule has 1 saturated carbocycles. The third-order valence-electron chi connectivity index (χ3n) is 7.21. The van der Waals surface area contributed by atoms with Gasteiger partial charge in [0.05, 0.1) is 0 Å². The van der Waals surface area contributed by atoms with Gasteiger partial charge in [-0.3, -0.25) is 9.59 Å². The van der Waals surface area contributed by atoms with E-state index in [2.05, 4.69) is 29.6 Å². The van der Waals surface area contributed by atoms with Crippen molar-refractivity contribution < 1.29 is 24.2 Å². The summed E-state index contributed by atoms with van der Waals surface area (Å²) < 4.78 is 5.64. The molecule has 2 atom stereocenters. The van der Waals surface area contributed by atoms with Crippen LogP contribution in [-0.2, 0) is 14.3 Å². The van der Waals surface area contributed by atoms with Gasteiger partial charge in [-0.25, -0.2) is 4.79 Å². The van der Waals surface area contributed by atoms with Gasteiger partial charge in [0.25, 0.3) is 0 Å². The van der Waals surface area contributed by atoms with Crippen molar-refractivity contribution in [3.05, 3.63) is 59.7 Å². The van der Waals surface area contributed by atoms with Crippen molar-refractivity contribution in [1.29, 1.82) is 0 Å². The number of carboxylic acids is 1. The molecule has 2 N–H and O–H groups in total. The van der Waals surface area contributed by atoms with E-state index in [0.717, 1.165) is 36.8 Å². The van der Waals surface area contributed by atoms with Crippen LogP contribution in [0.25, 0.3) is 11.1 Å². The SMILES string of the molecule is CCCN(CC(=O)O)C(=O)[C@H]1CCCC[C@H]1CNC(=O)OCC1c2ccccc2-c2ccccc21. The van der Waals surface area contributed by atoms with Gasteiger partial charge in [-0.1, -0.05) is 68.3 Å². The molecule has 2 aromatic rings. The van der Waals surface area contributed by atoms with E-state index in [1.807, 2.05) is 31.2 Å². The number of aliphatic carboxylic acids is 1. The van der Waals surface area contributed by atoms with Crippen LogP contribution in [0.5, 0.6) is 0 Å². The van der Waals surface area contributed by atoms with Crippen LogP contribution in [0.4, 0.5) is 4.79 Å². The Morgan fingerprint density at radius 3 is 2.26 bits per heavy atom. The Hall–Kier alpha value is -3.35. The monoisotopic (exact) mass is 478 g/mol. The van der Waals surface area contributed by atoms with Crippen molar-refractivity contribution in [2.75, 3.05) is 26.2 Å². The predicted molar refractivity (Wildman–Crippen MR) is 133 cm³/mol. The summed E-state index contributed by atoms with van der Waals surface area (Å²) in [6.07, 6.45) is 3.69. The summed E-state index contributed by atoms with van der Waals surface area (Å²) in [6, 6.07) is 16.4. The number of rotatable bonds is 9. The molecule has 186 valence electrons. The number of hydrogen-bond donors (Lipinski definition) is 2. The quantitative estimate of drug-likeness (QED) is 0.547. The normalized spacial score (nSPS) is 18.9. The minimum absolute atomic E-state index is 0.00391. The molecule has 1 fully saturated rings. The third-order valence-corrected chi connectivity index (χ3v) is 7.21. The van der Waals surface area contributed by atoms with Crippen LogP contribution in [-0.4, -0.2) is 54.2 Å². The number of carbonyl (C=O) groups is 3. The fraction of sp³-hybridized carbons (Fsp3) is 0.464. The highest BCUT2D eigenvalue weighted by molar-refractivity contribution is 5.83. The van der Waals surface area contributed by atoms with Crippen LogP contribution >= 0.6 is 0 Å². The lowest BCUT2D eigenvalue weighted by Gasteiger charge is -2.34. The number of nitrogens with zero attached hydrogens (tertiary/aromatic N) is 1. The predicted octanol–water partition coefficient (Wildman–Crippen LogP) is 4.65. The molecular formula is C28H34N2O5. The second-order valence-electron chi connectivity index (χ2n) is 9.51. The molecule has 0 bridgehead atoms. The lowest BCUT2D eigenvalue weighted by molar-refractivity contribution is -0.147. The summed E-state index contributed by atoms with van der Waals surface area (Å²) in [5, 5.41) is 12.1. The molecule has 0 spiro atoms. The Balaban J connectivity index is 1.35. The zero-order chi connectivity index (χ0) is 24.8. The summed E-state index contributed by atoms with van der Waals surface area (Å²) in [7, 11) is 0. The van der Waals surface area contributed by atoms with Crippen LogP contribution in [0.15, 0.2) is 48.5 Å². The van der Waals surface area contributed by atoms with Gasteiger partial charge in [0, 0.05) is 24.9 Å². The van der Waals surface area contributed by atoms with Crippen LogP contribution in [0, 0.1) is 11.8 Å². The Morgan fingerprint density at radius 2 is 1.63 bits per heavy atom. The highest BCUT2D eigenvalue weighted by Crippen LogP contribution is 2.44. The topological polar surface area (TPSA) is 95.9 Å². The fourth-order valence-electron chi connectivity index (χ4n) is 5.58. The Bertz CT molecular complexity index is 1020. The Kier molecular flexibility index (Phi) is 8.06. The molecule has 4 rings (SSSR count). The smallest absolute Gasteiger partial charge is 0.407 e. The van der Waals surface area contributed by atoms with Gasteiger partial charge in [0.1, 0.15) is 13.2 Å². The van der Waals surface area contributed by atoms with Gasteiger partial charge in [-0.05, 0) is 47.4 Å². The van der Waals surface area contributed by atoms with Crippen molar-refractivity contribution in [1.82, 2.24) is 10.2 Å². The molecule has 2 aliphatic carbocycles. The molecule has 0 radical (unpaired) electrons. The van der Waals surface area contributed by atoms with Crippen molar-refractivity contribution in [3.63, 3.8) is 0 Å². The van der Waals surface area contributed by atoms with Gasteiger partial charge in [-0.15, -0.1) is 0 Å². The van der Waals surface area contributed by atoms with Crippen LogP contribution in [0.1, 0.15) is 56.1 Å². The van der Waals surface area contributed by atoms with Crippen LogP contribution in [0.2, 0.25) is 0 Å². The molecule has 0 aliphatic heterocycles. The minimum atomic E-state index is -1.00. The van der Waals surface area contributed by atoms with Crippen molar-refractivity contribution in [3.8, 4) is 11.1 Å². The van der Waals surface area contributed by atoms with E-state index >= 15 is 0 Å². The van der Waals surface area contributed by atoms with Gasteiger partial charge < -0.3 is 20.1 Å². The van der Waals surface area contributed by atoms with Crippen molar-refractivity contribution in [2.45, 2.75) is 44.9 Å². The van der Waals surface area contributed by atoms with E-state index in [4.69, 9.17) is 4.74 Å². The number of carboxylic acid groups (broad SMARTS) is 1. The van der Waals surface area contributed by atoms with E-state index < -0.39 is 12.1 Å².